The summed E-state index contributed by atoms with van der Waals surface area (Å²) < 4.78 is 0.638. The van der Waals surface area contributed by atoms with Gasteiger partial charge < -0.3 is 10.3 Å². The molecule has 0 spiro atoms. The molecular formula is C18H16BrCl2N3O3. The van der Waals surface area contributed by atoms with Crippen LogP contribution in [0.4, 0.5) is 0 Å². The lowest BCUT2D eigenvalue weighted by molar-refractivity contribution is -0.146. The van der Waals surface area contributed by atoms with Gasteiger partial charge in [0.2, 0.25) is 17.7 Å². The number of hydrogen-bond acceptors (Lipinski definition) is 3. The standard InChI is InChI=1S/C18H16BrCl2N3O3/c1-18(2)6-22-17(27)15(24-9(25)3-4-10(24)26)12-11-7(19)5-8(20)13(21)14(11)23-16(12)18/h5,15,23H,3-4,6H2,1-2H3,(H,22,27). The zero-order chi connectivity index (χ0) is 19.7. The summed E-state index contributed by atoms with van der Waals surface area (Å²) >= 11 is 16.1. The molecule has 1 unspecified atom stereocenters. The second kappa shape index (κ2) is 6.22. The van der Waals surface area contributed by atoms with Crippen molar-refractivity contribution in [3.8, 4) is 0 Å². The number of H-pyrrole nitrogens is 1. The van der Waals surface area contributed by atoms with E-state index >= 15 is 0 Å². The van der Waals surface area contributed by atoms with Gasteiger partial charge in [0.05, 0.1) is 15.6 Å². The van der Waals surface area contributed by atoms with E-state index in [1.54, 1.807) is 6.07 Å². The van der Waals surface area contributed by atoms with Crippen LogP contribution in [0.25, 0.3) is 10.9 Å². The molecule has 9 heteroatoms. The Balaban J connectivity index is 2.11. The first-order valence-corrected chi connectivity index (χ1v) is 10.0. The average molecular weight is 473 g/mol. The van der Waals surface area contributed by atoms with Gasteiger partial charge >= 0.3 is 0 Å². The van der Waals surface area contributed by atoms with E-state index in [1.165, 1.54) is 0 Å². The summed E-state index contributed by atoms with van der Waals surface area (Å²) in [6.07, 6.45) is 0.217. The molecule has 27 heavy (non-hydrogen) atoms. The Bertz CT molecular complexity index is 1010. The number of fused-ring (bicyclic) bond motifs is 3. The van der Waals surface area contributed by atoms with Gasteiger partial charge in [0.25, 0.3) is 0 Å². The van der Waals surface area contributed by atoms with Crippen LogP contribution in [0.2, 0.25) is 10.0 Å². The topological polar surface area (TPSA) is 82.3 Å². The molecule has 0 radical (unpaired) electrons. The molecule has 0 saturated carbocycles. The summed E-state index contributed by atoms with van der Waals surface area (Å²) in [5, 5.41) is 4.21. The molecule has 0 bridgehead atoms. The number of hydrogen-bond donors (Lipinski definition) is 2. The predicted molar refractivity (Wildman–Crippen MR) is 106 cm³/mol. The molecule has 2 aliphatic rings. The highest BCUT2D eigenvalue weighted by Gasteiger charge is 2.46. The summed E-state index contributed by atoms with van der Waals surface area (Å²) in [6.45, 7) is 4.29. The highest BCUT2D eigenvalue weighted by atomic mass is 79.9. The maximum absolute atomic E-state index is 13.0. The first kappa shape index (κ1) is 18.8. The number of nitrogens with one attached hydrogen (secondary N) is 2. The van der Waals surface area contributed by atoms with Gasteiger partial charge in [-0.15, -0.1) is 0 Å². The fourth-order valence-electron chi connectivity index (χ4n) is 3.85. The summed E-state index contributed by atoms with van der Waals surface area (Å²) in [5.74, 6) is -1.09. The third kappa shape index (κ3) is 2.70. The quantitative estimate of drug-likeness (QED) is 0.488. The fourth-order valence-corrected chi connectivity index (χ4v) is 5.03. The summed E-state index contributed by atoms with van der Waals surface area (Å²) in [4.78, 5) is 42.3. The summed E-state index contributed by atoms with van der Waals surface area (Å²) in [6, 6.07) is 0.604. The van der Waals surface area contributed by atoms with E-state index in [4.69, 9.17) is 23.2 Å². The summed E-state index contributed by atoms with van der Waals surface area (Å²) in [7, 11) is 0. The summed E-state index contributed by atoms with van der Waals surface area (Å²) in [5.41, 5.74) is 1.44. The van der Waals surface area contributed by atoms with Gasteiger partial charge in [-0.05, 0) is 6.07 Å². The Hall–Kier alpha value is -1.57. The van der Waals surface area contributed by atoms with Crippen molar-refractivity contribution in [2.24, 2.45) is 0 Å². The van der Waals surface area contributed by atoms with Gasteiger partial charge in [-0.25, -0.2) is 0 Å². The van der Waals surface area contributed by atoms with Crippen LogP contribution >= 0.6 is 39.1 Å². The minimum Gasteiger partial charge on any atom is -0.356 e. The molecule has 1 atom stereocenters. The number of likely N-dealkylation sites (tertiary alicyclic amines) is 1. The van der Waals surface area contributed by atoms with E-state index in [-0.39, 0.29) is 30.6 Å². The second-order valence-corrected chi connectivity index (χ2v) is 9.12. The highest BCUT2D eigenvalue weighted by Crippen LogP contribution is 2.46. The van der Waals surface area contributed by atoms with Crippen LogP contribution in [0.5, 0.6) is 0 Å². The zero-order valence-corrected chi connectivity index (χ0v) is 17.7. The Labute approximate surface area is 173 Å². The van der Waals surface area contributed by atoms with E-state index < -0.39 is 11.5 Å². The van der Waals surface area contributed by atoms with Crippen LogP contribution < -0.4 is 5.32 Å². The van der Waals surface area contributed by atoms with Crippen LogP contribution in [0.1, 0.15) is 44.0 Å². The third-order valence-electron chi connectivity index (χ3n) is 5.21. The Kier molecular flexibility index (Phi) is 4.33. The second-order valence-electron chi connectivity index (χ2n) is 7.48. The lowest BCUT2D eigenvalue weighted by Crippen LogP contribution is -2.43. The monoisotopic (exact) mass is 471 g/mol. The Morgan fingerprint density at radius 2 is 1.81 bits per heavy atom. The van der Waals surface area contributed by atoms with Crippen molar-refractivity contribution >= 4 is 67.8 Å². The number of benzene rings is 1. The molecular weight excluding hydrogens is 457 g/mol. The van der Waals surface area contributed by atoms with Crippen molar-refractivity contribution in [2.45, 2.75) is 38.1 Å². The number of amides is 3. The van der Waals surface area contributed by atoms with E-state index in [9.17, 15) is 14.4 Å². The SMILES string of the molecule is CC1(C)CNC(=O)C(N2C(=O)CCC2=O)c2c1[nH]c1c(Cl)c(Cl)cc(Br)c21. The Morgan fingerprint density at radius 1 is 1.19 bits per heavy atom. The van der Waals surface area contributed by atoms with Gasteiger partial charge in [-0.1, -0.05) is 53.0 Å². The maximum Gasteiger partial charge on any atom is 0.248 e. The molecule has 0 aliphatic carbocycles. The number of aromatic amines is 1. The fraction of sp³-hybridized carbons (Fsp3) is 0.389. The first-order valence-electron chi connectivity index (χ1n) is 8.45. The number of rotatable bonds is 1. The predicted octanol–water partition coefficient (Wildman–Crippen LogP) is 3.83. The Morgan fingerprint density at radius 3 is 2.44 bits per heavy atom. The van der Waals surface area contributed by atoms with Crippen molar-refractivity contribution in [3.05, 3.63) is 31.8 Å². The van der Waals surface area contributed by atoms with Gasteiger partial charge in [0.15, 0.2) is 0 Å². The molecule has 1 saturated heterocycles. The molecule has 1 fully saturated rings. The number of carbonyl (C=O) groups is 3. The lowest BCUT2D eigenvalue weighted by atomic mass is 9.85. The molecule has 142 valence electrons. The van der Waals surface area contributed by atoms with Crippen LogP contribution in [0.3, 0.4) is 0 Å². The van der Waals surface area contributed by atoms with E-state index in [1.807, 2.05) is 13.8 Å². The van der Waals surface area contributed by atoms with Crippen LogP contribution in [-0.4, -0.2) is 34.2 Å². The zero-order valence-electron chi connectivity index (χ0n) is 14.6. The molecule has 1 aromatic carbocycles. The number of imide groups is 1. The molecule has 2 aliphatic heterocycles. The minimum absolute atomic E-state index is 0.109. The molecule has 6 nitrogen and oxygen atoms in total. The van der Waals surface area contributed by atoms with Crippen molar-refractivity contribution in [3.63, 3.8) is 0 Å². The number of nitrogens with zero attached hydrogens (tertiary/aromatic N) is 1. The third-order valence-corrected chi connectivity index (χ3v) is 6.62. The van der Waals surface area contributed by atoms with Crippen LogP contribution in [-0.2, 0) is 19.8 Å². The van der Waals surface area contributed by atoms with Gasteiger partial charge in [0, 0.05) is 45.9 Å². The van der Waals surface area contributed by atoms with E-state index in [2.05, 4.69) is 26.2 Å². The van der Waals surface area contributed by atoms with Crippen molar-refractivity contribution < 1.29 is 14.4 Å². The number of halogens is 3. The van der Waals surface area contributed by atoms with Crippen molar-refractivity contribution in [1.29, 1.82) is 0 Å². The average Bonchev–Trinajstić information content (AvgIpc) is 3.13. The maximum atomic E-state index is 13.0. The molecule has 2 aromatic rings. The van der Waals surface area contributed by atoms with Crippen LogP contribution in [0.15, 0.2) is 10.5 Å². The molecule has 2 N–H and O–H groups in total. The van der Waals surface area contributed by atoms with Gasteiger partial charge in [-0.3, -0.25) is 19.3 Å². The van der Waals surface area contributed by atoms with Crippen molar-refractivity contribution in [1.82, 2.24) is 15.2 Å². The van der Waals surface area contributed by atoms with Crippen molar-refractivity contribution in [2.75, 3.05) is 6.54 Å². The molecule has 3 amide bonds. The molecule has 4 rings (SSSR count). The largest absolute Gasteiger partial charge is 0.356 e. The van der Waals surface area contributed by atoms with E-state index in [0.717, 1.165) is 10.6 Å². The minimum atomic E-state index is -1.05. The normalized spacial score (nSPS) is 22.2. The number of aromatic nitrogens is 1. The van der Waals surface area contributed by atoms with Gasteiger partial charge in [-0.2, -0.15) is 0 Å². The first-order chi connectivity index (χ1) is 12.6. The molecule has 3 heterocycles. The molecule has 1 aromatic heterocycles. The lowest BCUT2D eigenvalue weighted by Gasteiger charge is -2.25. The van der Waals surface area contributed by atoms with Crippen LogP contribution in [0, 0.1) is 0 Å². The highest BCUT2D eigenvalue weighted by molar-refractivity contribution is 9.10. The van der Waals surface area contributed by atoms with E-state index in [0.29, 0.717) is 37.5 Å². The number of carbonyl (C=O) groups excluding carboxylic acids is 3. The smallest absolute Gasteiger partial charge is 0.248 e. The van der Waals surface area contributed by atoms with Gasteiger partial charge in [0.1, 0.15) is 6.04 Å².